The Morgan fingerprint density at radius 2 is 1.89 bits per heavy atom. The number of ether oxygens (including phenoxy) is 2. The molecule has 0 unspecified atom stereocenters. The van der Waals surface area contributed by atoms with Gasteiger partial charge in [-0.15, -0.1) is 0 Å². The van der Waals surface area contributed by atoms with Crippen LogP contribution in [0.25, 0.3) is 22.1 Å². The molecule has 0 aliphatic rings. The van der Waals surface area contributed by atoms with Crippen molar-refractivity contribution in [2.45, 2.75) is 20.8 Å². The lowest BCUT2D eigenvalue weighted by Gasteiger charge is -2.08. The molecule has 2 heterocycles. The first-order chi connectivity index (χ1) is 13.4. The van der Waals surface area contributed by atoms with Gasteiger partial charge in [0.2, 0.25) is 0 Å². The Hall–Kier alpha value is -3.19. The molecule has 6 nitrogen and oxygen atoms in total. The molecule has 0 saturated carbocycles. The van der Waals surface area contributed by atoms with Crippen LogP contribution in [0.5, 0.6) is 11.5 Å². The molecule has 0 N–H and O–H groups in total. The summed E-state index contributed by atoms with van der Waals surface area (Å²) in [5.74, 6) is 0.327. The Kier molecular flexibility index (Phi) is 4.39. The van der Waals surface area contributed by atoms with Gasteiger partial charge in [0.15, 0.2) is 16.5 Å². The van der Waals surface area contributed by atoms with Crippen LogP contribution in [0.4, 0.5) is 0 Å². The van der Waals surface area contributed by atoms with Crippen molar-refractivity contribution in [3.05, 3.63) is 61.9 Å². The molecule has 0 fully saturated rings. The monoisotopic (exact) mass is 394 g/mol. The molecule has 4 rings (SSSR count). The number of fused-ring (bicyclic) bond motifs is 3. The van der Waals surface area contributed by atoms with Gasteiger partial charge in [-0.3, -0.25) is 9.59 Å². The van der Waals surface area contributed by atoms with Gasteiger partial charge in [0, 0.05) is 6.92 Å². The number of rotatable bonds is 3. The van der Waals surface area contributed by atoms with Crippen LogP contribution in [0.3, 0.4) is 0 Å². The van der Waals surface area contributed by atoms with Crippen LogP contribution in [0.1, 0.15) is 23.6 Å². The van der Waals surface area contributed by atoms with Gasteiger partial charge < -0.3 is 9.47 Å². The third-order valence-electron chi connectivity index (χ3n) is 4.59. The van der Waals surface area contributed by atoms with Crippen LogP contribution in [0.2, 0.25) is 0 Å². The normalized spacial score (nSPS) is 12.1. The van der Waals surface area contributed by atoms with E-state index in [1.165, 1.54) is 25.4 Å². The highest BCUT2D eigenvalue weighted by Crippen LogP contribution is 2.28. The van der Waals surface area contributed by atoms with Crippen molar-refractivity contribution in [3.8, 4) is 11.5 Å². The molecule has 0 bridgehead atoms. The number of benzene rings is 2. The summed E-state index contributed by atoms with van der Waals surface area (Å²) < 4.78 is 12.6. The Bertz CT molecular complexity index is 1350. The second-order valence-electron chi connectivity index (χ2n) is 6.57. The highest BCUT2D eigenvalue weighted by molar-refractivity contribution is 7.15. The summed E-state index contributed by atoms with van der Waals surface area (Å²) in [6.45, 7) is 5.38. The Morgan fingerprint density at radius 3 is 2.61 bits per heavy atom. The molecule has 4 aromatic rings. The van der Waals surface area contributed by atoms with Gasteiger partial charge >= 0.3 is 5.97 Å². The maximum absolute atomic E-state index is 13.0. The lowest BCUT2D eigenvalue weighted by Crippen LogP contribution is -2.22. The smallest absolute Gasteiger partial charge is 0.308 e. The minimum atomic E-state index is -0.438. The zero-order valence-corrected chi connectivity index (χ0v) is 16.7. The zero-order chi connectivity index (χ0) is 20.0. The fourth-order valence-electron chi connectivity index (χ4n) is 3.09. The van der Waals surface area contributed by atoms with E-state index in [1.807, 2.05) is 26.0 Å². The van der Waals surface area contributed by atoms with Gasteiger partial charge in [-0.25, -0.2) is 9.38 Å². The van der Waals surface area contributed by atoms with Gasteiger partial charge in [0.1, 0.15) is 0 Å². The summed E-state index contributed by atoms with van der Waals surface area (Å²) in [6.07, 6.45) is 1.76. The van der Waals surface area contributed by atoms with Gasteiger partial charge in [-0.2, -0.15) is 0 Å². The lowest BCUT2D eigenvalue weighted by atomic mass is 10.1. The molecule has 0 spiro atoms. The number of carbonyl (C=O) groups is 1. The molecule has 0 radical (unpaired) electrons. The molecule has 0 atom stereocenters. The molecule has 0 saturated heterocycles. The van der Waals surface area contributed by atoms with E-state index in [1.54, 1.807) is 28.7 Å². The maximum Gasteiger partial charge on any atom is 0.308 e. The summed E-state index contributed by atoms with van der Waals surface area (Å²) in [5.41, 5.74) is 4.51. The molecular formula is C21H18N2O4S. The van der Waals surface area contributed by atoms with Crippen molar-refractivity contribution >= 4 is 39.4 Å². The first-order valence-electron chi connectivity index (χ1n) is 8.68. The average Bonchev–Trinajstić information content (AvgIpc) is 3.12. The third kappa shape index (κ3) is 3.03. The summed E-state index contributed by atoms with van der Waals surface area (Å²) >= 11 is 1.33. The molecular weight excluding hydrogens is 376 g/mol. The maximum atomic E-state index is 13.0. The zero-order valence-electron chi connectivity index (χ0n) is 15.9. The van der Waals surface area contributed by atoms with E-state index in [0.29, 0.717) is 21.0 Å². The predicted octanol–water partition coefficient (Wildman–Crippen LogP) is 3.01. The number of hydrogen-bond donors (Lipinski definition) is 0. The highest BCUT2D eigenvalue weighted by atomic mass is 32.1. The molecule has 2 aromatic carbocycles. The van der Waals surface area contributed by atoms with Crippen LogP contribution in [0, 0.1) is 13.8 Å². The fraction of sp³-hybridized carbons (Fsp3) is 0.190. The van der Waals surface area contributed by atoms with Crippen molar-refractivity contribution in [2.24, 2.45) is 0 Å². The first kappa shape index (κ1) is 18.2. The van der Waals surface area contributed by atoms with E-state index in [4.69, 9.17) is 9.47 Å². The van der Waals surface area contributed by atoms with E-state index >= 15 is 0 Å². The number of thiazole rings is 1. The van der Waals surface area contributed by atoms with Crippen molar-refractivity contribution in [2.75, 3.05) is 7.11 Å². The van der Waals surface area contributed by atoms with Gasteiger partial charge in [-0.1, -0.05) is 17.4 Å². The quantitative estimate of drug-likeness (QED) is 0.395. The van der Waals surface area contributed by atoms with E-state index in [2.05, 4.69) is 4.98 Å². The second-order valence-corrected chi connectivity index (χ2v) is 7.58. The molecule has 2 aromatic heterocycles. The van der Waals surface area contributed by atoms with Crippen LogP contribution < -0.4 is 19.6 Å². The Morgan fingerprint density at radius 1 is 1.14 bits per heavy atom. The van der Waals surface area contributed by atoms with Crippen LogP contribution in [-0.4, -0.2) is 22.5 Å². The number of nitrogens with zero attached hydrogens (tertiary/aromatic N) is 2. The van der Waals surface area contributed by atoms with E-state index in [0.717, 1.165) is 27.7 Å². The van der Waals surface area contributed by atoms with Crippen LogP contribution in [0.15, 0.2) is 35.1 Å². The van der Waals surface area contributed by atoms with Gasteiger partial charge in [0.25, 0.3) is 5.56 Å². The van der Waals surface area contributed by atoms with Crippen LogP contribution in [-0.2, 0) is 4.79 Å². The molecule has 7 heteroatoms. The largest absolute Gasteiger partial charge is 0.493 e. The molecule has 0 aliphatic heterocycles. The minimum absolute atomic E-state index is 0.115. The van der Waals surface area contributed by atoms with Crippen molar-refractivity contribution < 1.29 is 14.3 Å². The number of hydrogen-bond acceptors (Lipinski definition) is 6. The topological polar surface area (TPSA) is 69.9 Å². The van der Waals surface area contributed by atoms with Gasteiger partial charge in [0.05, 0.1) is 22.7 Å². The van der Waals surface area contributed by atoms with Crippen molar-refractivity contribution in [1.29, 1.82) is 0 Å². The number of aromatic nitrogens is 2. The molecule has 142 valence electrons. The summed E-state index contributed by atoms with van der Waals surface area (Å²) in [6, 6.07) is 9.18. The molecule has 0 aliphatic carbocycles. The van der Waals surface area contributed by atoms with Crippen molar-refractivity contribution in [1.82, 2.24) is 9.38 Å². The summed E-state index contributed by atoms with van der Waals surface area (Å²) in [5, 5.41) is 0. The Labute approximate surface area is 164 Å². The summed E-state index contributed by atoms with van der Waals surface area (Å²) in [7, 11) is 1.50. The highest BCUT2D eigenvalue weighted by Gasteiger charge is 2.13. The number of methoxy groups -OCH3 is 1. The average molecular weight is 394 g/mol. The van der Waals surface area contributed by atoms with Crippen molar-refractivity contribution in [3.63, 3.8) is 0 Å². The SMILES string of the molecule is COc1ccc(/C=c2\sc3nc4cc(C)c(C)cc4n3c2=O)cc1OC(C)=O. The minimum Gasteiger partial charge on any atom is -0.493 e. The number of esters is 1. The molecule has 0 amide bonds. The van der Waals surface area contributed by atoms with E-state index in [9.17, 15) is 9.59 Å². The number of carbonyl (C=O) groups excluding carboxylic acids is 1. The second kappa shape index (κ2) is 6.76. The van der Waals surface area contributed by atoms with E-state index < -0.39 is 5.97 Å². The summed E-state index contributed by atoms with van der Waals surface area (Å²) in [4.78, 5) is 29.6. The number of imidazole rings is 1. The lowest BCUT2D eigenvalue weighted by molar-refractivity contribution is -0.132. The standard InChI is InChI=1S/C21H18N2O4S/c1-11-7-15-16(8-12(11)2)23-20(25)19(28-21(23)22-15)10-14-5-6-17(26-4)18(9-14)27-13(3)24/h5-10H,1-4H3/b19-10-. The number of aryl methyl sites for hydroxylation is 2. The van der Waals surface area contributed by atoms with Crippen LogP contribution >= 0.6 is 11.3 Å². The molecule has 28 heavy (non-hydrogen) atoms. The third-order valence-corrected chi connectivity index (χ3v) is 5.56. The van der Waals surface area contributed by atoms with Gasteiger partial charge in [-0.05, 0) is 60.9 Å². The fourth-order valence-corrected chi connectivity index (χ4v) is 4.07. The first-order valence-corrected chi connectivity index (χ1v) is 9.49. The van der Waals surface area contributed by atoms with E-state index in [-0.39, 0.29) is 5.56 Å². The Balaban J connectivity index is 1.88. The predicted molar refractivity (Wildman–Crippen MR) is 109 cm³/mol.